The van der Waals surface area contributed by atoms with Crippen molar-refractivity contribution >= 4 is 5.91 Å². The summed E-state index contributed by atoms with van der Waals surface area (Å²) in [6.07, 6.45) is 11.2. The average molecular weight is 284 g/mol. The van der Waals surface area contributed by atoms with Gasteiger partial charge in [0.05, 0.1) is 6.04 Å². The van der Waals surface area contributed by atoms with Crippen molar-refractivity contribution in [3.05, 3.63) is 30.1 Å². The number of aromatic nitrogens is 1. The summed E-state index contributed by atoms with van der Waals surface area (Å²) in [7, 11) is 0. The first-order chi connectivity index (χ1) is 10.1. The maximum absolute atomic E-state index is 12.9. The second-order valence-corrected chi connectivity index (χ2v) is 7.68. The van der Waals surface area contributed by atoms with Gasteiger partial charge in [0.15, 0.2) is 0 Å². The molecule has 0 aliphatic heterocycles. The average Bonchev–Trinajstić information content (AvgIpc) is 2.46. The van der Waals surface area contributed by atoms with Crippen molar-refractivity contribution in [3.8, 4) is 0 Å². The van der Waals surface area contributed by atoms with Gasteiger partial charge in [0.25, 0.3) is 0 Å². The van der Waals surface area contributed by atoms with E-state index in [1.54, 1.807) is 6.20 Å². The number of nitrogens with zero attached hydrogens (tertiary/aromatic N) is 1. The molecule has 3 nitrogen and oxygen atoms in total. The van der Waals surface area contributed by atoms with Gasteiger partial charge >= 0.3 is 0 Å². The number of hydrogen-bond acceptors (Lipinski definition) is 2. The van der Waals surface area contributed by atoms with E-state index in [-0.39, 0.29) is 11.5 Å². The van der Waals surface area contributed by atoms with Gasteiger partial charge in [-0.05, 0) is 74.8 Å². The monoisotopic (exact) mass is 284 g/mol. The number of carbonyl (C=O) groups is 1. The van der Waals surface area contributed by atoms with E-state index < -0.39 is 0 Å². The van der Waals surface area contributed by atoms with Crippen LogP contribution in [-0.4, -0.2) is 10.9 Å². The third-order valence-electron chi connectivity index (χ3n) is 6.05. The van der Waals surface area contributed by atoms with Gasteiger partial charge in [-0.25, -0.2) is 0 Å². The summed E-state index contributed by atoms with van der Waals surface area (Å²) in [6.45, 7) is 2.06. The number of pyridine rings is 1. The van der Waals surface area contributed by atoms with E-state index in [1.807, 2.05) is 18.3 Å². The third-order valence-corrected chi connectivity index (χ3v) is 6.05. The van der Waals surface area contributed by atoms with Crippen LogP contribution in [0, 0.1) is 23.2 Å². The normalized spacial score (nSPS) is 38.2. The molecule has 21 heavy (non-hydrogen) atoms. The predicted molar refractivity (Wildman–Crippen MR) is 81.4 cm³/mol. The molecule has 4 aliphatic rings. The number of nitrogens with one attached hydrogen (secondary N) is 1. The predicted octanol–water partition coefficient (Wildman–Crippen LogP) is 3.48. The molecule has 0 saturated heterocycles. The van der Waals surface area contributed by atoms with Gasteiger partial charge in [-0.15, -0.1) is 0 Å². The highest BCUT2D eigenvalue weighted by atomic mass is 16.2. The van der Waals surface area contributed by atoms with E-state index in [2.05, 4.69) is 17.2 Å². The standard InChI is InChI=1S/C18H24N2O/c1-12(16-3-2-4-19-11-16)20-17(21)18-8-13-5-14(9-18)7-15(6-13)10-18/h2-4,11-15H,5-10H2,1H3,(H,20,21). The van der Waals surface area contributed by atoms with Crippen LogP contribution in [0.1, 0.15) is 57.1 Å². The van der Waals surface area contributed by atoms with Gasteiger partial charge in [-0.1, -0.05) is 6.07 Å². The molecule has 1 N–H and O–H groups in total. The molecule has 112 valence electrons. The zero-order valence-electron chi connectivity index (χ0n) is 12.7. The fraction of sp³-hybridized carbons (Fsp3) is 0.667. The first-order valence-corrected chi connectivity index (χ1v) is 8.35. The van der Waals surface area contributed by atoms with E-state index in [9.17, 15) is 4.79 Å². The molecule has 1 aromatic rings. The van der Waals surface area contributed by atoms with E-state index in [4.69, 9.17) is 0 Å². The molecule has 1 amide bonds. The lowest BCUT2D eigenvalue weighted by Crippen LogP contribution is -2.53. The third kappa shape index (κ3) is 2.27. The van der Waals surface area contributed by atoms with Crippen LogP contribution in [0.3, 0.4) is 0 Å². The topological polar surface area (TPSA) is 42.0 Å². The summed E-state index contributed by atoms with van der Waals surface area (Å²) in [4.78, 5) is 17.1. The highest BCUT2D eigenvalue weighted by Gasteiger charge is 2.54. The van der Waals surface area contributed by atoms with Gasteiger partial charge in [-0.2, -0.15) is 0 Å². The van der Waals surface area contributed by atoms with Gasteiger partial charge in [0.1, 0.15) is 0 Å². The van der Waals surface area contributed by atoms with Crippen molar-refractivity contribution < 1.29 is 4.79 Å². The maximum atomic E-state index is 12.9. The van der Waals surface area contributed by atoms with E-state index >= 15 is 0 Å². The molecule has 1 heterocycles. The van der Waals surface area contributed by atoms with Crippen LogP contribution >= 0.6 is 0 Å². The molecular weight excluding hydrogens is 260 g/mol. The lowest BCUT2D eigenvalue weighted by atomic mass is 9.49. The SMILES string of the molecule is CC(NC(=O)C12CC3CC(CC(C3)C1)C2)c1cccnc1. The number of carbonyl (C=O) groups excluding carboxylic acids is 1. The molecule has 4 fully saturated rings. The lowest BCUT2D eigenvalue weighted by molar-refractivity contribution is -0.147. The Kier molecular flexibility index (Phi) is 3.05. The highest BCUT2D eigenvalue weighted by molar-refractivity contribution is 5.83. The fourth-order valence-electron chi connectivity index (χ4n) is 5.45. The molecule has 1 unspecified atom stereocenters. The van der Waals surface area contributed by atoms with Gasteiger partial charge in [-0.3, -0.25) is 9.78 Å². The van der Waals surface area contributed by atoms with Crippen LogP contribution in [0.4, 0.5) is 0 Å². The maximum Gasteiger partial charge on any atom is 0.226 e. The summed E-state index contributed by atoms with van der Waals surface area (Å²) in [5.41, 5.74) is 1.04. The molecule has 3 heteroatoms. The molecule has 4 aliphatic carbocycles. The molecule has 4 bridgehead atoms. The largest absolute Gasteiger partial charge is 0.349 e. The second kappa shape index (κ2) is 4.82. The van der Waals surface area contributed by atoms with Crippen molar-refractivity contribution in [3.63, 3.8) is 0 Å². The summed E-state index contributed by atoms with van der Waals surface area (Å²) >= 11 is 0. The van der Waals surface area contributed by atoms with Crippen molar-refractivity contribution in [1.82, 2.24) is 10.3 Å². The summed E-state index contributed by atoms with van der Waals surface area (Å²) in [5, 5.41) is 3.27. The zero-order valence-corrected chi connectivity index (χ0v) is 12.7. The minimum absolute atomic E-state index is 0.0504. The summed E-state index contributed by atoms with van der Waals surface area (Å²) in [6, 6.07) is 4.03. The molecule has 4 saturated carbocycles. The first-order valence-electron chi connectivity index (χ1n) is 8.35. The Morgan fingerprint density at radius 1 is 1.24 bits per heavy atom. The van der Waals surface area contributed by atoms with Crippen molar-refractivity contribution in [2.45, 2.75) is 51.5 Å². The van der Waals surface area contributed by atoms with E-state index in [0.29, 0.717) is 5.91 Å². The van der Waals surface area contributed by atoms with E-state index in [1.165, 1.54) is 19.3 Å². The fourth-order valence-corrected chi connectivity index (χ4v) is 5.45. The molecule has 1 aromatic heterocycles. The Bertz CT molecular complexity index is 504. The summed E-state index contributed by atoms with van der Waals surface area (Å²) in [5.74, 6) is 2.75. The molecule has 0 aromatic carbocycles. The Hall–Kier alpha value is -1.38. The van der Waals surface area contributed by atoms with Crippen LogP contribution in [0.5, 0.6) is 0 Å². The highest BCUT2D eigenvalue weighted by Crippen LogP contribution is 2.60. The van der Waals surface area contributed by atoms with Crippen LogP contribution in [0.25, 0.3) is 0 Å². The Morgan fingerprint density at radius 3 is 2.38 bits per heavy atom. The molecular formula is C18H24N2O. The van der Waals surface area contributed by atoms with E-state index in [0.717, 1.165) is 42.6 Å². The van der Waals surface area contributed by atoms with Gasteiger partial charge < -0.3 is 5.32 Å². The van der Waals surface area contributed by atoms with Crippen LogP contribution in [0.15, 0.2) is 24.5 Å². The second-order valence-electron chi connectivity index (χ2n) is 7.68. The number of amides is 1. The smallest absolute Gasteiger partial charge is 0.226 e. The molecule has 1 atom stereocenters. The number of rotatable bonds is 3. The zero-order chi connectivity index (χ0) is 14.4. The lowest BCUT2D eigenvalue weighted by Gasteiger charge is -2.55. The van der Waals surface area contributed by atoms with Gasteiger partial charge in [0, 0.05) is 17.8 Å². The number of hydrogen-bond donors (Lipinski definition) is 1. The molecule has 0 radical (unpaired) electrons. The molecule has 5 rings (SSSR count). The Labute approximate surface area is 126 Å². The Morgan fingerprint density at radius 2 is 1.86 bits per heavy atom. The minimum atomic E-state index is -0.0504. The quantitative estimate of drug-likeness (QED) is 0.923. The van der Waals surface area contributed by atoms with Crippen LogP contribution in [0.2, 0.25) is 0 Å². The minimum Gasteiger partial charge on any atom is -0.349 e. The van der Waals surface area contributed by atoms with Crippen molar-refractivity contribution in [1.29, 1.82) is 0 Å². The van der Waals surface area contributed by atoms with Crippen LogP contribution in [-0.2, 0) is 4.79 Å². The summed E-state index contributed by atoms with van der Waals surface area (Å²) < 4.78 is 0. The van der Waals surface area contributed by atoms with Gasteiger partial charge in [0.2, 0.25) is 5.91 Å². The van der Waals surface area contributed by atoms with Crippen LogP contribution < -0.4 is 5.32 Å². The van der Waals surface area contributed by atoms with Crippen molar-refractivity contribution in [2.24, 2.45) is 23.2 Å². The Balaban J connectivity index is 1.50. The van der Waals surface area contributed by atoms with Crippen molar-refractivity contribution in [2.75, 3.05) is 0 Å². The molecule has 0 spiro atoms. The first kappa shape index (κ1) is 13.3.